The molecule has 0 fully saturated rings. The number of hydrogen-bond acceptors (Lipinski definition) is 2. The fourth-order valence-corrected chi connectivity index (χ4v) is 8.95. The summed E-state index contributed by atoms with van der Waals surface area (Å²) in [6.45, 7) is 0. The molecule has 0 unspecified atom stereocenters. The first-order chi connectivity index (χ1) is 27.8. The second-order valence-corrected chi connectivity index (χ2v) is 14.6. The molecule has 0 N–H and O–H groups in total. The molecule has 0 bridgehead atoms. The molecule has 0 aliphatic heterocycles. The highest BCUT2D eigenvalue weighted by atomic mass is 15.0. The van der Waals surface area contributed by atoms with E-state index in [4.69, 9.17) is 9.97 Å². The first kappa shape index (κ1) is 30.9. The van der Waals surface area contributed by atoms with Gasteiger partial charge in [-0.05, 0) is 82.9 Å². The zero-order valence-electron chi connectivity index (χ0n) is 30.3. The fraction of sp³-hybridized carbons (Fsp3) is 0. The van der Waals surface area contributed by atoms with Crippen LogP contribution in [0.15, 0.2) is 194 Å². The SMILES string of the molecule is c1ccc(-c2nc3ccccc3nc2-c2ccc(-n3c4ccccc4c4cc5c6cc7ccccc7cc6n(-c6ccccc6)c5cc43)c3ccccc23)cc1. The van der Waals surface area contributed by atoms with Crippen molar-refractivity contribution in [3.05, 3.63) is 194 Å². The van der Waals surface area contributed by atoms with Gasteiger partial charge in [-0.2, -0.15) is 0 Å². The molecule has 0 saturated heterocycles. The summed E-state index contributed by atoms with van der Waals surface area (Å²) in [5.74, 6) is 0. The average Bonchev–Trinajstić information content (AvgIpc) is 3.75. The maximum Gasteiger partial charge on any atom is 0.0979 e. The summed E-state index contributed by atoms with van der Waals surface area (Å²) in [6.07, 6.45) is 0. The van der Waals surface area contributed by atoms with Gasteiger partial charge < -0.3 is 9.13 Å². The van der Waals surface area contributed by atoms with Crippen LogP contribution in [-0.4, -0.2) is 19.1 Å². The van der Waals surface area contributed by atoms with Crippen molar-refractivity contribution in [3.63, 3.8) is 0 Å². The number of rotatable bonds is 4. The molecular weight excluding hydrogens is 681 g/mol. The number of fused-ring (bicyclic) bond motifs is 9. The smallest absolute Gasteiger partial charge is 0.0979 e. The summed E-state index contributed by atoms with van der Waals surface area (Å²) in [5, 5.41) is 9.71. The van der Waals surface area contributed by atoms with Crippen LogP contribution in [0, 0.1) is 0 Å². The van der Waals surface area contributed by atoms with Crippen molar-refractivity contribution in [2.45, 2.75) is 0 Å². The van der Waals surface area contributed by atoms with E-state index >= 15 is 0 Å². The van der Waals surface area contributed by atoms with Crippen LogP contribution in [0.25, 0.3) is 110 Å². The van der Waals surface area contributed by atoms with Crippen LogP contribution in [0.1, 0.15) is 0 Å². The quantitative estimate of drug-likeness (QED) is 0.182. The maximum atomic E-state index is 5.31. The molecule has 0 spiro atoms. The van der Waals surface area contributed by atoms with Gasteiger partial charge in [-0.25, -0.2) is 9.97 Å². The van der Waals surface area contributed by atoms with Crippen LogP contribution in [0.5, 0.6) is 0 Å². The summed E-state index contributed by atoms with van der Waals surface area (Å²) in [6, 6.07) is 69.6. The Kier molecular flexibility index (Phi) is 6.60. The normalized spacial score (nSPS) is 11.9. The number of para-hydroxylation sites is 4. The van der Waals surface area contributed by atoms with Crippen LogP contribution in [0.2, 0.25) is 0 Å². The molecule has 0 saturated carbocycles. The van der Waals surface area contributed by atoms with Crippen molar-refractivity contribution in [2.75, 3.05) is 0 Å². The van der Waals surface area contributed by atoms with E-state index in [1.165, 1.54) is 48.9 Å². The highest BCUT2D eigenvalue weighted by Gasteiger charge is 2.22. The maximum absolute atomic E-state index is 5.31. The predicted octanol–water partition coefficient (Wildman–Crippen LogP) is 13.5. The molecule has 12 aromatic rings. The Bertz CT molecular complexity index is 3520. The Morgan fingerprint density at radius 1 is 0.321 bits per heavy atom. The second kappa shape index (κ2) is 12.0. The topological polar surface area (TPSA) is 35.6 Å². The van der Waals surface area contributed by atoms with Gasteiger partial charge in [-0.1, -0.05) is 127 Å². The molecule has 56 heavy (non-hydrogen) atoms. The van der Waals surface area contributed by atoms with Gasteiger partial charge in [0.1, 0.15) is 0 Å². The Morgan fingerprint density at radius 3 is 1.66 bits per heavy atom. The lowest BCUT2D eigenvalue weighted by molar-refractivity contribution is 1.17. The van der Waals surface area contributed by atoms with Gasteiger partial charge >= 0.3 is 0 Å². The van der Waals surface area contributed by atoms with Gasteiger partial charge in [-0.3, -0.25) is 0 Å². The molecule has 260 valence electrons. The van der Waals surface area contributed by atoms with Gasteiger partial charge in [0.15, 0.2) is 0 Å². The molecule has 0 aliphatic rings. The standard InChI is InChI=1S/C52H32N4/c1-3-15-33(16-4-1)51-52(54-45-25-13-12-24-44(45)53-51)40-27-28-47(38-22-10-9-21-37(38)40)56-46-26-14-11-23-39(46)42-31-43-41-29-34-17-7-8-18-35(34)30-48(41)55(49(43)32-50(42)56)36-19-5-2-6-20-36/h1-32H. The lowest BCUT2D eigenvalue weighted by atomic mass is 9.96. The van der Waals surface area contributed by atoms with Crippen LogP contribution in [0.4, 0.5) is 0 Å². The highest BCUT2D eigenvalue weighted by Crippen LogP contribution is 2.43. The summed E-state index contributed by atoms with van der Waals surface area (Å²) in [4.78, 5) is 10.5. The van der Waals surface area contributed by atoms with E-state index in [9.17, 15) is 0 Å². The van der Waals surface area contributed by atoms with Crippen molar-refractivity contribution in [2.24, 2.45) is 0 Å². The number of benzene rings is 9. The lowest BCUT2D eigenvalue weighted by Gasteiger charge is -2.16. The van der Waals surface area contributed by atoms with E-state index in [1.807, 2.05) is 30.3 Å². The summed E-state index contributed by atoms with van der Waals surface area (Å²) >= 11 is 0. The predicted molar refractivity (Wildman–Crippen MR) is 234 cm³/mol. The fourth-order valence-electron chi connectivity index (χ4n) is 8.95. The zero-order valence-corrected chi connectivity index (χ0v) is 30.3. The minimum Gasteiger partial charge on any atom is -0.309 e. The van der Waals surface area contributed by atoms with Crippen LogP contribution >= 0.6 is 0 Å². The molecule has 3 heterocycles. The van der Waals surface area contributed by atoms with Crippen LogP contribution < -0.4 is 0 Å². The first-order valence-corrected chi connectivity index (χ1v) is 19.1. The van der Waals surface area contributed by atoms with Crippen LogP contribution in [-0.2, 0) is 0 Å². The molecule has 9 aromatic carbocycles. The molecule has 0 atom stereocenters. The van der Waals surface area contributed by atoms with E-state index < -0.39 is 0 Å². The molecule has 12 rings (SSSR count). The minimum absolute atomic E-state index is 0.876. The Hall–Kier alpha value is -7.56. The van der Waals surface area contributed by atoms with E-state index in [1.54, 1.807) is 0 Å². The zero-order chi connectivity index (χ0) is 36.7. The second-order valence-electron chi connectivity index (χ2n) is 14.6. The molecule has 0 amide bonds. The van der Waals surface area contributed by atoms with Gasteiger partial charge in [0.25, 0.3) is 0 Å². The van der Waals surface area contributed by atoms with E-state index in [2.05, 4.69) is 173 Å². The average molecular weight is 713 g/mol. The van der Waals surface area contributed by atoms with E-state index in [0.29, 0.717) is 0 Å². The molecule has 0 radical (unpaired) electrons. The molecule has 4 nitrogen and oxygen atoms in total. The number of nitrogens with zero attached hydrogens (tertiary/aromatic N) is 4. The minimum atomic E-state index is 0.876. The van der Waals surface area contributed by atoms with Gasteiger partial charge in [0, 0.05) is 43.7 Å². The van der Waals surface area contributed by atoms with Gasteiger partial charge in [0.05, 0.1) is 50.2 Å². The van der Waals surface area contributed by atoms with Crippen molar-refractivity contribution in [1.29, 1.82) is 0 Å². The van der Waals surface area contributed by atoms with Crippen molar-refractivity contribution in [1.82, 2.24) is 19.1 Å². The number of aromatic nitrogens is 4. The summed E-state index contributed by atoms with van der Waals surface area (Å²) < 4.78 is 4.90. The molecule has 3 aromatic heterocycles. The third-order valence-electron chi connectivity index (χ3n) is 11.5. The third kappa shape index (κ3) is 4.53. The molecule has 0 aliphatic carbocycles. The largest absolute Gasteiger partial charge is 0.309 e. The van der Waals surface area contributed by atoms with E-state index in [-0.39, 0.29) is 0 Å². The summed E-state index contributed by atoms with van der Waals surface area (Å²) in [7, 11) is 0. The Balaban J connectivity index is 1.17. The summed E-state index contributed by atoms with van der Waals surface area (Å²) in [5.41, 5.74) is 12.6. The lowest BCUT2D eigenvalue weighted by Crippen LogP contribution is -1.99. The first-order valence-electron chi connectivity index (χ1n) is 19.1. The van der Waals surface area contributed by atoms with Crippen molar-refractivity contribution < 1.29 is 0 Å². The monoisotopic (exact) mass is 712 g/mol. The Morgan fingerprint density at radius 2 is 0.875 bits per heavy atom. The molecular formula is C52H32N4. The van der Waals surface area contributed by atoms with E-state index in [0.717, 1.165) is 61.2 Å². The van der Waals surface area contributed by atoms with Gasteiger partial charge in [0.2, 0.25) is 0 Å². The van der Waals surface area contributed by atoms with Crippen molar-refractivity contribution >= 4 is 76.2 Å². The van der Waals surface area contributed by atoms with Crippen LogP contribution in [0.3, 0.4) is 0 Å². The Labute approximate surface area is 322 Å². The highest BCUT2D eigenvalue weighted by molar-refractivity contribution is 6.21. The van der Waals surface area contributed by atoms with Crippen molar-refractivity contribution in [3.8, 4) is 33.9 Å². The van der Waals surface area contributed by atoms with Gasteiger partial charge in [-0.15, -0.1) is 0 Å². The number of hydrogen-bond donors (Lipinski definition) is 0. The molecule has 4 heteroatoms. The third-order valence-corrected chi connectivity index (χ3v) is 11.5.